The quantitative estimate of drug-likeness (QED) is 0.102. The summed E-state index contributed by atoms with van der Waals surface area (Å²) in [6, 6.07) is 9.98. The van der Waals surface area contributed by atoms with E-state index >= 15 is 0 Å². The van der Waals surface area contributed by atoms with Gasteiger partial charge in [-0.1, -0.05) is 30.4 Å². The van der Waals surface area contributed by atoms with Crippen LogP contribution in [0.1, 0.15) is 89.9 Å². The third kappa shape index (κ3) is 8.77. The number of unbranched alkanes of at least 4 members (excludes halogenated alkanes) is 1. The van der Waals surface area contributed by atoms with Crippen LogP contribution in [0.2, 0.25) is 0 Å². The molecule has 0 bridgehead atoms. The number of hydrogen-bond acceptors (Lipinski definition) is 7. The molecule has 3 unspecified atom stereocenters. The van der Waals surface area contributed by atoms with Crippen LogP contribution in [0.15, 0.2) is 42.5 Å². The van der Waals surface area contributed by atoms with Crippen LogP contribution in [0.25, 0.3) is 0 Å². The molecular weight excluding hydrogens is 524 g/mol. The van der Waals surface area contributed by atoms with Gasteiger partial charge < -0.3 is 33.5 Å². The molecule has 1 aliphatic carbocycles. The molecule has 4 aliphatic rings. The minimum absolute atomic E-state index is 0.00814. The van der Waals surface area contributed by atoms with Crippen molar-refractivity contribution in [3.63, 3.8) is 0 Å². The zero-order valence-electron chi connectivity index (χ0n) is 24.4. The Bertz CT molecular complexity index is 935. The summed E-state index contributed by atoms with van der Waals surface area (Å²) in [5, 5.41) is 10.3. The van der Waals surface area contributed by atoms with E-state index in [9.17, 15) is 9.90 Å². The van der Waals surface area contributed by atoms with Crippen LogP contribution >= 0.6 is 0 Å². The number of benzene rings is 1. The number of carboxylic acid groups (broad SMARTS) is 1. The van der Waals surface area contributed by atoms with Gasteiger partial charge in [0.2, 0.25) is 0 Å². The van der Waals surface area contributed by atoms with Gasteiger partial charge in [-0.25, -0.2) is 4.79 Å². The summed E-state index contributed by atoms with van der Waals surface area (Å²) >= 11 is 0. The van der Waals surface area contributed by atoms with Gasteiger partial charge in [-0.05, 0) is 107 Å². The fourth-order valence-electron chi connectivity index (χ4n) is 6.62. The van der Waals surface area contributed by atoms with E-state index in [0.717, 1.165) is 63.7 Å². The van der Waals surface area contributed by atoms with Crippen LogP contribution in [0.5, 0.6) is 5.75 Å². The van der Waals surface area contributed by atoms with Crippen molar-refractivity contribution in [2.45, 2.75) is 120 Å². The average Bonchev–Trinajstić information content (AvgIpc) is 3.66. The van der Waals surface area contributed by atoms with Crippen LogP contribution in [0, 0.1) is 11.8 Å². The lowest BCUT2D eigenvalue weighted by Gasteiger charge is -2.37. The largest absolute Gasteiger partial charge is 0.494 e. The molecule has 228 valence electrons. The number of aliphatic carboxylic acids is 1. The van der Waals surface area contributed by atoms with E-state index in [1.807, 2.05) is 30.3 Å². The van der Waals surface area contributed by atoms with Gasteiger partial charge in [0.1, 0.15) is 5.75 Å². The Morgan fingerprint density at radius 2 is 1.63 bits per heavy atom. The normalized spacial score (nSPS) is 31.5. The first-order valence-corrected chi connectivity index (χ1v) is 15.9. The zero-order valence-corrected chi connectivity index (χ0v) is 24.4. The standard InChI is InChI=1S/C33H48O8/c1-24-16-17-25(11-5-8-20-36-26-12-3-2-4-13-26)27(24)23-29-28(39-29)18-19-33(32(34)35,40-30-14-6-9-21-37-30)41-31-15-7-10-22-38-31/h2-4,12-13,25,27-31H,1,5-11,14-23H2,(H,34,35)/t25-,27-,28?,29+,30?,31?,33?/m0/s1. The molecule has 5 rings (SSSR count). The second-order valence-corrected chi connectivity index (χ2v) is 12.1. The van der Waals surface area contributed by atoms with E-state index in [2.05, 4.69) is 6.58 Å². The lowest BCUT2D eigenvalue weighted by atomic mass is 9.85. The van der Waals surface area contributed by atoms with E-state index in [-0.39, 0.29) is 18.6 Å². The van der Waals surface area contributed by atoms with E-state index in [1.165, 1.54) is 18.4 Å². The summed E-state index contributed by atoms with van der Waals surface area (Å²) in [6.07, 6.45) is 11.4. The Kier molecular flexibility index (Phi) is 11.1. The number of carbonyl (C=O) groups is 1. The molecule has 0 aromatic heterocycles. The van der Waals surface area contributed by atoms with Gasteiger partial charge in [0, 0.05) is 19.6 Å². The lowest BCUT2D eigenvalue weighted by Crippen LogP contribution is -2.51. The fourth-order valence-corrected chi connectivity index (χ4v) is 6.62. The highest BCUT2D eigenvalue weighted by Crippen LogP contribution is 2.46. The molecule has 6 atom stereocenters. The highest BCUT2D eigenvalue weighted by atomic mass is 16.8. The van der Waals surface area contributed by atoms with Crippen LogP contribution in [0.4, 0.5) is 0 Å². The molecule has 3 heterocycles. The summed E-state index contributed by atoms with van der Waals surface area (Å²) in [7, 11) is 0. The lowest BCUT2D eigenvalue weighted by molar-refractivity contribution is -0.352. The van der Waals surface area contributed by atoms with Crippen LogP contribution in [0.3, 0.4) is 0 Å². The molecule has 0 radical (unpaired) electrons. The molecule has 1 aromatic carbocycles. The minimum atomic E-state index is -1.80. The van der Waals surface area contributed by atoms with E-state index in [0.29, 0.717) is 44.3 Å². The van der Waals surface area contributed by atoms with Crippen molar-refractivity contribution in [3.05, 3.63) is 42.5 Å². The maximum absolute atomic E-state index is 12.7. The summed E-state index contributed by atoms with van der Waals surface area (Å²) in [6.45, 7) is 6.27. The third-order valence-corrected chi connectivity index (χ3v) is 9.09. The van der Waals surface area contributed by atoms with Gasteiger partial charge in [0.25, 0.3) is 5.79 Å². The molecule has 41 heavy (non-hydrogen) atoms. The Hall–Kier alpha value is -1.97. The summed E-state index contributed by atoms with van der Waals surface area (Å²) < 4.78 is 35.7. The van der Waals surface area contributed by atoms with Gasteiger partial charge in [0.05, 0.1) is 18.8 Å². The van der Waals surface area contributed by atoms with Crippen LogP contribution < -0.4 is 4.74 Å². The van der Waals surface area contributed by atoms with Crippen molar-refractivity contribution < 1.29 is 38.3 Å². The summed E-state index contributed by atoms with van der Waals surface area (Å²) in [5.41, 5.74) is 1.33. The Balaban J connectivity index is 1.09. The third-order valence-electron chi connectivity index (χ3n) is 9.09. The molecule has 1 aromatic rings. The summed E-state index contributed by atoms with van der Waals surface area (Å²) in [4.78, 5) is 12.7. The maximum atomic E-state index is 12.7. The molecule has 3 aliphatic heterocycles. The number of hydrogen-bond donors (Lipinski definition) is 1. The second-order valence-electron chi connectivity index (χ2n) is 12.1. The first-order valence-electron chi connectivity index (χ1n) is 15.9. The molecule has 8 nitrogen and oxygen atoms in total. The molecule has 1 N–H and O–H groups in total. The molecule has 4 fully saturated rings. The minimum Gasteiger partial charge on any atom is -0.494 e. The number of epoxide rings is 1. The molecule has 3 saturated heterocycles. The average molecular weight is 573 g/mol. The number of ether oxygens (including phenoxy) is 6. The van der Waals surface area contributed by atoms with E-state index in [1.54, 1.807) is 0 Å². The van der Waals surface area contributed by atoms with Gasteiger partial charge in [0.15, 0.2) is 12.6 Å². The fraction of sp³-hybridized carbons (Fsp3) is 0.727. The van der Waals surface area contributed by atoms with Gasteiger partial charge in [-0.15, -0.1) is 0 Å². The van der Waals surface area contributed by atoms with Crippen LogP contribution in [-0.2, 0) is 28.5 Å². The number of allylic oxidation sites excluding steroid dienone is 1. The summed E-state index contributed by atoms with van der Waals surface area (Å²) in [5.74, 6) is -0.916. The zero-order chi connectivity index (χ0) is 28.5. The molecule has 8 heteroatoms. The molecule has 1 saturated carbocycles. The van der Waals surface area contributed by atoms with Crippen molar-refractivity contribution in [3.8, 4) is 5.75 Å². The van der Waals surface area contributed by atoms with Crippen molar-refractivity contribution >= 4 is 5.97 Å². The highest BCUT2D eigenvalue weighted by molar-refractivity contribution is 5.75. The van der Waals surface area contributed by atoms with Gasteiger partial charge in [-0.3, -0.25) is 0 Å². The van der Waals surface area contributed by atoms with E-state index in [4.69, 9.17) is 28.4 Å². The van der Waals surface area contributed by atoms with E-state index < -0.39 is 24.3 Å². The number of carboxylic acids is 1. The Morgan fingerprint density at radius 1 is 0.927 bits per heavy atom. The predicted molar refractivity (Wildman–Crippen MR) is 153 cm³/mol. The van der Waals surface area contributed by atoms with Gasteiger partial charge >= 0.3 is 5.97 Å². The second kappa shape index (κ2) is 15.0. The van der Waals surface area contributed by atoms with Crippen molar-refractivity contribution in [2.75, 3.05) is 19.8 Å². The van der Waals surface area contributed by atoms with Crippen molar-refractivity contribution in [1.29, 1.82) is 0 Å². The monoisotopic (exact) mass is 572 g/mol. The van der Waals surface area contributed by atoms with Crippen molar-refractivity contribution in [2.24, 2.45) is 11.8 Å². The smallest absolute Gasteiger partial charge is 0.364 e. The maximum Gasteiger partial charge on any atom is 0.364 e. The number of para-hydroxylation sites is 1. The molecule has 0 amide bonds. The molecule has 0 spiro atoms. The molecular formula is C33H48O8. The van der Waals surface area contributed by atoms with Crippen molar-refractivity contribution in [1.82, 2.24) is 0 Å². The SMILES string of the molecule is C=C1CC[C@H](CCCCOc2ccccc2)[C@H]1C[C@H]1OC1CCC(OC1CCCCO1)(OC1CCCCO1)C(=O)O. The van der Waals surface area contributed by atoms with Gasteiger partial charge in [-0.2, -0.15) is 0 Å². The number of rotatable bonds is 16. The van der Waals surface area contributed by atoms with Crippen LogP contribution in [-0.4, -0.2) is 61.5 Å². The first-order chi connectivity index (χ1) is 20.0. The Morgan fingerprint density at radius 3 is 2.27 bits per heavy atom. The Labute approximate surface area is 244 Å². The first kappa shape index (κ1) is 30.5. The highest BCUT2D eigenvalue weighted by Gasteiger charge is 2.50. The topological polar surface area (TPSA) is 96.0 Å². The predicted octanol–water partition coefficient (Wildman–Crippen LogP) is 6.62.